The first-order chi connectivity index (χ1) is 6.29. The lowest BCUT2D eigenvalue weighted by Crippen LogP contribution is -2.11. The molecule has 0 N–H and O–H groups in total. The van der Waals surface area contributed by atoms with Crippen LogP contribution in [0.1, 0.15) is 30.9 Å². The van der Waals surface area contributed by atoms with Gasteiger partial charge in [0.15, 0.2) is 0 Å². The van der Waals surface area contributed by atoms with Crippen molar-refractivity contribution in [2.75, 3.05) is 0 Å². The summed E-state index contributed by atoms with van der Waals surface area (Å²) in [6, 6.07) is 6.46. The molecule has 0 saturated carbocycles. The number of hydrogen-bond acceptors (Lipinski definition) is 1. The van der Waals surface area contributed by atoms with Gasteiger partial charge >= 0.3 is 0 Å². The molecular formula is C12H16O. The summed E-state index contributed by atoms with van der Waals surface area (Å²) >= 11 is 0. The van der Waals surface area contributed by atoms with Crippen LogP contribution in [0, 0.1) is 6.92 Å². The van der Waals surface area contributed by atoms with Crippen molar-refractivity contribution >= 4 is 0 Å². The van der Waals surface area contributed by atoms with Gasteiger partial charge in [-0.15, -0.1) is 0 Å². The average Bonchev–Trinajstić information content (AvgIpc) is 2.46. The van der Waals surface area contributed by atoms with Crippen LogP contribution in [0.4, 0.5) is 0 Å². The first-order valence-electron chi connectivity index (χ1n) is 5.06. The van der Waals surface area contributed by atoms with Gasteiger partial charge in [0.05, 0.1) is 0 Å². The molecule has 0 aromatic heterocycles. The predicted molar refractivity (Wildman–Crippen MR) is 54.2 cm³/mol. The molecule has 0 fully saturated rings. The minimum atomic E-state index is 0.432. The Hall–Kier alpha value is -0.980. The number of rotatable bonds is 2. The van der Waals surface area contributed by atoms with Crippen LogP contribution in [0.2, 0.25) is 0 Å². The molecule has 1 aromatic carbocycles. The lowest BCUT2D eigenvalue weighted by molar-refractivity contribution is 0.220. The first-order valence-corrected chi connectivity index (χ1v) is 5.06. The minimum absolute atomic E-state index is 0.432. The summed E-state index contributed by atoms with van der Waals surface area (Å²) in [5.41, 5.74) is 2.72. The Morgan fingerprint density at radius 1 is 1.46 bits per heavy atom. The van der Waals surface area contributed by atoms with Crippen LogP contribution < -0.4 is 4.74 Å². The van der Waals surface area contributed by atoms with Crippen molar-refractivity contribution in [3.05, 3.63) is 29.3 Å². The van der Waals surface area contributed by atoms with E-state index in [-0.39, 0.29) is 0 Å². The molecule has 0 radical (unpaired) electrons. The van der Waals surface area contributed by atoms with Gasteiger partial charge in [-0.3, -0.25) is 0 Å². The van der Waals surface area contributed by atoms with Crippen molar-refractivity contribution in [1.82, 2.24) is 0 Å². The molecule has 1 aliphatic rings. The van der Waals surface area contributed by atoms with E-state index in [0.29, 0.717) is 6.10 Å². The normalized spacial score (nSPS) is 19.7. The fourth-order valence-electron chi connectivity index (χ4n) is 1.93. The van der Waals surface area contributed by atoms with Gasteiger partial charge in [-0.1, -0.05) is 31.0 Å². The number of hydrogen-bond donors (Lipinski definition) is 0. The highest BCUT2D eigenvalue weighted by atomic mass is 16.5. The van der Waals surface area contributed by atoms with Crippen molar-refractivity contribution < 1.29 is 4.74 Å². The third kappa shape index (κ3) is 1.69. The Labute approximate surface area is 79.7 Å². The standard InChI is InChI=1S/C12H16O/c1-3-4-11-8-10-7-9(2)5-6-12(10)13-11/h5-7,11H,3-4,8H2,1-2H3. The zero-order chi connectivity index (χ0) is 9.26. The summed E-state index contributed by atoms with van der Waals surface area (Å²) < 4.78 is 5.80. The summed E-state index contributed by atoms with van der Waals surface area (Å²) in [7, 11) is 0. The molecule has 0 bridgehead atoms. The molecule has 1 heterocycles. The zero-order valence-corrected chi connectivity index (χ0v) is 8.34. The number of ether oxygens (including phenoxy) is 1. The molecule has 1 aromatic rings. The smallest absolute Gasteiger partial charge is 0.123 e. The molecule has 70 valence electrons. The Morgan fingerprint density at radius 2 is 2.31 bits per heavy atom. The van der Waals surface area contributed by atoms with E-state index >= 15 is 0 Å². The number of benzene rings is 1. The van der Waals surface area contributed by atoms with Crippen molar-refractivity contribution in [3.8, 4) is 5.75 Å². The Kier molecular flexibility index (Phi) is 2.26. The molecule has 0 saturated heterocycles. The molecule has 0 spiro atoms. The highest BCUT2D eigenvalue weighted by Gasteiger charge is 2.21. The van der Waals surface area contributed by atoms with Gasteiger partial charge in [0.1, 0.15) is 11.9 Å². The molecule has 1 unspecified atom stereocenters. The van der Waals surface area contributed by atoms with Crippen molar-refractivity contribution in [2.45, 2.75) is 39.2 Å². The lowest BCUT2D eigenvalue weighted by Gasteiger charge is -2.07. The van der Waals surface area contributed by atoms with Crippen LogP contribution >= 0.6 is 0 Å². The van der Waals surface area contributed by atoms with Gasteiger partial charge in [-0.25, -0.2) is 0 Å². The van der Waals surface area contributed by atoms with Gasteiger partial charge in [-0.2, -0.15) is 0 Å². The topological polar surface area (TPSA) is 9.23 Å². The van der Waals surface area contributed by atoms with Crippen LogP contribution in [0.5, 0.6) is 5.75 Å². The molecule has 1 atom stereocenters. The van der Waals surface area contributed by atoms with E-state index in [1.54, 1.807) is 0 Å². The van der Waals surface area contributed by atoms with E-state index in [2.05, 4.69) is 32.0 Å². The second-order valence-electron chi connectivity index (χ2n) is 3.84. The molecule has 13 heavy (non-hydrogen) atoms. The van der Waals surface area contributed by atoms with Crippen molar-refractivity contribution in [3.63, 3.8) is 0 Å². The fraction of sp³-hybridized carbons (Fsp3) is 0.500. The third-order valence-electron chi connectivity index (χ3n) is 2.57. The second kappa shape index (κ2) is 3.41. The molecular weight excluding hydrogens is 160 g/mol. The van der Waals surface area contributed by atoms with Gasteiger partial charge in [0.2, 0.25) is 0 Å². The minimum Gasteiger partial charge on any atom is -0.490 e. The molecule has 2 rings (SSSR count). The van der Waals surface area contributed by atoms with Gasteiger partial charge in [0.25, 0.3) is 0 Å². The maximum absolute atomic E-state index is 5.80. The molecule has 1 aliphatic heterocycles. The number of aryl methyl sites for hydroxylation is 1. The molecule has 0 amide bonds. The Bertz CT molecular complexity index is 304. The van der Waals surface area contributed by atoms with E-state index in [4.69, 9.17) is 4.74 Å². The Morgan fingerprint density at radius 3 is 3.08 bits per heavy atom. The first kappa shape index (κ1) is 8.61. The quantitative estimate of drug-likeness (QED) is 0.672. The predicted octanol–water partition coefficient (Wildman–Crippen LogP) is 3.10. The van der Waals surface area contributed by atoms with Crippen LogP contribution in [0.15, 0.2) is 18.2 Å². The van der Waals surface area contributed by atoms with E-state index in [1.807, 2.05) is 0 Å². The summed E-state index contributed by atoms with van der Waals surface area (Å²) in [4.78, 5) is 0. The monoisotopic (exact) mass is 176 g/mol. The van der Waals surface area contributed by atoms with E-state index < -0.39 is 0 Å². The fourth-order valence-corrected chi connectivity index (χ4v) is 1.93. The third-order valence-corrected chi connectivity index (χ3v) is 2.57. The molecule has 0 aliphatic carbocycles. The highest BCUT2D eigenvalue weighted by molar-refractivity contribution is 5.40. The summed E-state index contributed by atoms with van der Waals surface area (Å²) in [6.07, 6.45) is 3.91. The largest absolute Gasteiger partial charge is 0.490 e. The summed E-state index contributed by atoms with van der Waals surface area (Å²) in [5.74, 6) is 1.10. The van der Waals surface area contributed by atoms with Crippen LogP contribution in [0.25, 0.3) is 0 Å². The number of fused-ring (bicyclic) bond motifs is 1. The summed E-state index contributed by atoms with van der Waals surface area (Å²) in [5, 5.41) is 0. The van der Waals surface area contributed by atoms with Gasteiger partial charge < -0.3 is 4.74 Å². The maximum atomic E-state index is 5.80. The van der Waals surface area contributed by atoms with Crippen LogP contribution in [-0.2, 0) is 6.42 Å². The second-order valence-corrected chi connectivity index (χ2v) is 3.84. The summed E-state index contributed by atoms with van der Waals surface area (Å²) in [6.45, 7) is 4.34. The van der Waals surface area contributed by atoms with Crippen LogP contribution in [-0.4, -0.2) is 6.10 Å². The van der Waals surface area contributed by atoms with E-state index in [9.17, 15) is 0 Å². The van der Waals surface area contributed by atoms with Gasteiger partial charge in [-0.05, 0) is 25.0 Å². The SMILES string of the molecule is CCCC1Cc2cc(C)ccc2O1. The van der Waals surface area contributed by atoms with Crippen LogP contribution in [0.3, 0.4) is 0 Å². The van der Waals surface area contributed by atoms with Crippen molar-refractivity contribution in [1.29, 1.82) is 0 Å². The maximum Gasteiger partial charge on any atom is 0.123 e. The highest BCUT2D eigenvalue weighted by Crippen LogP contribution is 2.30. The van der Waals surface area contributed by atoms with Crippen molar-refractivity contribution in [2.24, 2.45) is 0 Å². The van der Waals surface area contributed by atoms with E-state index in [0.717, 1.165) is 12.2 Å². The Balaban J connectivity index is 2.16. The zero-order valence-electron chi connectivity index (χ0n) is 8.34. The van der Waals surface area contributed by atoms with Gasteiger partial charge in [0, 0.05) is 6.42 Å². The van der Waals surface area contributed by atoms with E-state index in [1.165, 1.54) is 24.0 Å². The average molecular weight is 176 g/mol. The molecule has 1 nitrogen and oxygen atoms in total. The molecule has 1 heteroatoms. The lowest BCUT2D eigenvalue weighted by atomic mass is 10.1.